The smallest absolute Gasteiger partial charge is 0.246 e. The molecule has 1 amide bonds. The van der Waals surface area contributed by atoms with Gasteiger partial charge >= 0.3 is 0 Å². The van der Waals surface area contributed by atoms with Crippen LogP contribution >= 0.6 is 11.8 Å². The van der Waals surface area contributed by atoms with Crippen LogP contribution in [0, 0.1) is 12.7 Å². The van der Waals surface area contributed by atoms with Crippen molar-refractivity contribution in [1.82, 2.24) is 4.31 Å². The number of amides is 1. The minimum absolute atomic E-state index is 0.0753. The van der Waals surface area contributed by atoms with E-state index in [1.807, 2.05) is 55.5 Å². The van der Waals surface area contributed by atoms with E-state index in [2.05, 4.69) is 0 Å². The average molecular weight is 519 g/mol. The summed E-state index contributed by atoms with van der Waals surface area (Å²) < 4.78 is 42.1. The van der Waals surface area contributed by atoms with Gasteiger partial charge in [-0.05, 0) is 61.0 Å². The van der Waals surface area contributed by atoms with Gasteiger partial charge in [0.05, 0.1) is 22.8 Å². The molecule has 0 aliphatic carbocycles. The van der Waals surface area contributed by atoms with Crippen molar-refractivity contribution in [3.8, 4) is 0 Å². The molecule has 4 aromatic rings. The van der Waals surface area contributed by atoms with E-state index in [1.165, 1.54) is 36.4 Å². The predicted molar refractivity (Wildman–Crippen MR) is 139 cm³/mol. The number of aryl methyl sites for hydroxylation is 1. The van der Waals surface area contributed by atoms with Crippen LogP contribution in [0.2, 0.25) is 0 Å². The number of benzene rings is 4. The molecule has 0 radical (unpaired) electrons. The molecule has 1 aliphatic rings. The van der Waals surface area contributed by atoms with Crippen LogP contribution in [0.1, 0.15) is 11.1 Å². The maximum absolute atomic E-state index is 13.9. The van der Waals surface area contributed by atoms with E-state index in [0.717, 1.165) is 19.7 Å². The van der Waals surface area contributed by atoms with E-state index in [1.54, 1.807) is 28.8 Å². The van der Waals surface area contributed by atoms with Gasteiger partial charge in [0.15, 0.2) is 0 Å². The number of hydrogen-bond donors (Lipinski definition) is 0. The van der Waals surface area contributed by atoms with Crippen molar-refractivity contribution in [2.45, 2.75) is 28.2 Å². The first-order chi connectivity index (χ1) is 17.3. The van der Waals surface area contributed by atoms with E-state index in [4.69, 9.17) is 0 Å². The van der Waals surface area contributed by atoms with Gasteiger partial charge in [-0.25, -0.2) is 12.8 Å². The number of para-hydroxylation sites is 2. The molecule has 5 nitrogen and oxygen atoms in total. The maximum atomic E-state index is 13.9. The molecule has 36 heavy (non-hydrogen) atoms. The fraction of sp³-hybridized carbons (Fsp3) is 0.107. The minimum Gasteiger partial charge on any atom is -0.278 e. The first kappa shape index (κ1) is 24.2. The number of carbonyl (C=O) groups excluding carboxylic acids is 1. The zero-order chi connectivity index (χ0) is 25.3. The zero-order valence-electron chi connectivity index (χ0n) is 19.5. The highest BCUT2D eigenvalue weighted by atomic mass is 32.2. The van der Waals surface area contributed by atoms with Crippen LogP contribution in [0.5, 0.6) is 0 Å². The third-order valence-corrected chi connectivity index (χ3v) is 8.86. The minimum atomic E-state index is -4.03. The molecule has 0 saturated heterocycles. The Morgan fingerprint density at radius 2 is 1.39 bits per heavy atom. The Kier molecular flexibility index (Phi) is 6.66. The summed E-state index contributed by atoms with van der Waals surface area (Å²) in [7, 11) is -4.03. The molecule has 0 unspecified atom stereocenters. The zero-order valence-corrected chi connectivity index (χ0v) is 21.1. The summed E-state index contributed by atoms with van der Waals surface area (Å²) >= 11 is 1.57. The first-order valence-electron chi connectivity index (χ1n) is 11.3. The average Bonchev–Trinajstić information content (AvgIpc) is 2.88. The molecule has 0 atom stereocenters. The predicted octanol–water partition coefficient (Wildman–Crippen LogP) is 6.15. The Hall–Kier alpha value is -3.46. The van der Waals surface area contributed by atoms with Crippen molar-refractivity contribution >= 4 is 39.1 Å². The second-order valence-electron chi connectivity index (χ2n) is 8.48. The lowest BCUT2D eigenvalue weighted by atomic mass is 10.2. The fourth-order valence-electron chi connectivity index (χ4n) is 4.07. The molecule has 1 heterocycles. The summed E-state index contributed by atoms with van der Waals surface area (Å²) in [5, 5.41) is 0. The second kappa shape index (κ2) is 9.89. The topological polar surface area (TPSA) is 57.7 Å². The van der Waals surface area contributed by atoms with Gasteiger partial charge < -0.3 is 0 Å². The molecule has 4 aromatic carbocycles. The molecule has 0 fully saturated rings. The van der Waals surface area contributed by atoms with E-state index < -0.39 is 15.8 Å². The number of carbonyl (C=O) groups is 1. The van der Waals surface area contributed by atoms with E-state index in [-0.39, 0.29) is 23.9 Å². The molecule has 1 aliphatic heterocycles. The molecule has 0 spiro atoms. The normalized spacial score (nSPS) is 12.8. The number of halogens is 1. The van der Waals surface area contributed by atoms with Crippen LogP contribution in [0.15, 0.2) is 112 Å². The molecule has 0 aromatic heterocycles. The van der Waals surface area contributed by atoms with Crippen molar-refractivity contribution in [2.24, 2.45) is 0 Å². The van der Waals surface area contributed by atoms with E-state index in [0.29, 0.717) is 16.9 Å². The standard InChI is InChI=1S/C28H23FN2O3S2/c1-20-10-16-23(17-11-20)36(33,34)30(18-21-12-14-22(29)15-13-21)19-28(32)31-24-6-2-4-8-26(24)35-27-9-5-3-7-25(27)31/h2-17H,18-19H2,1H3. The van der Waals surface area contributed by atoms with Crippen LogP contribution in [0.3, 0.4) is 0 Å². The third-order valence-electron chi connectivity index (χ3n) is 5.92. The van der Waals surface area contributed by atoms with Crippen LogP contribution in [0.4, 0.5) is 15.8 Å². The third kappa shape index (κ3) is 4.80. The Morgan fingerprint density at radius 3 is 1.97 bits per heavy atom. The van der Waals surface area contributed by atoms with Crippen molar-refractivity contribution in [2.75, 3.05) is 11.4 Å². The van der Waals surface area contributed by atoms with Gasteiger partial charge in [-0.15, -0.1) is 0 Å². The largest absolute Gasteiger partial charge is 0.278 e. The summed E-state index contributed by atoms with van der Waals surface area (Å²) in [6.07, 6.45) is 0. The van der Waals surface area contributed by atoms with E-state index in [9.17, 15) is 17.6 Å². The molecule has 0 saturated carbocycles. The van der Waals surface area contributed by atoms with Crippen LogP contribution in [-0.2, 0) is 21.4 Å². The van der Waals surface area contributed by atoms with E-state index >= 15 is 0 Å². The van der Waals surface area contributed by atoms with Crippen molar-refractivity contribution in [3.63, 3.8) is 0 Å². The lowest BCUT2D eigenvalue weighted by Gasteiger charge is -2.32. The highest BCUT2D eigenvalue weighted by molar-refractivity contribution is 7.99. The summed E-state index contributed by atoms with van der Waals surface area (Å²) in [5.74, 6) is -0.796. The number of rotatable bonds is 6. The lowest BCUT2D eigenvalue weighted by Crippen LogP contribution is -2.41. The van der Waals surface area contributed by atoms with Gasteiger partial charge in [-0.3, -0.25) is 9.69 Å². The summed E-state index contributed by atoms with van der Waals surface area (Å²) in [4.78, 5) is 17.4. The van der Waals surface area contributed by atoms with Gasteiger partial charge in [0.1, 0.15) is 5.82 Å². The highest BCUT2D eigenvalue weighted by Gasteiger charge is 2.33. The monoisotopic (exact) mass is 518 g/mol. The van der Waals surface area contributed by atoms with Gasteiger partial charge in [-0.1, -0.05) is 65.9 Å². The van der Waals surface area contributed by atoms with Gasteiger partial charge in [-0.2, -0.15) is 4.31 Å². The Morgan fingerprint density at radius 1 is 0.833 bits per heavy atom. The lowest BCUT2D eigenvalue weighted by molar-refractivity contribution is -0.118. The van der Waals surface area contributed by atoms with Crippen LogP contribution < -0.4 is 4.90 Å². The molecule has 0 bridgehead atoms. The Bertz CT molecular complexity index is 1480. The number of hydrogen-bond acceptors (Lipinski definition) is 4. The summed E-state index contributed by atoms with van der Waals surface area (Å²) in [5.41, 5.74) is 2.92. The quantitative estimate of drug-likeness (QED) is 0.307. The molecule has 8 heteroatoms. The summed E-state index contributed by atoms with van der Waals surface area (Å²) in [6, 6.07) is 27.2. The van der Waals surface area contributed by atoms with Crippen LogP contribution in [0.25, 0.3) is 0 Å². The second-order valence-corrected chi connectivity index (χ2v) is 11.5. The first-order valence-corrected chi connectivity index (χ1v) is 13.6. The Labute approximate surface area is 214 Å². The maximum Gasteiger partial charge on any atom is 0.246 e. The number of fused-ring (bicyclic) bond motifs is 2. The highest BCUT2D eigenvalue weighted by Crippen LogP contribution is 2.48. The number of sulfonamides is 1. The van der Waals surface area contributed by atoms with Crippen molar-refractivity contribution in [1.29, 1.82) is 0 Å². The number of anilines is 2. The molecule has 5 rings (SSSR count). The SMILES string of the molecule is Cc1ccc(S(=O)(=O)N(CC(=O)N2c3ccccc3Sc3ccccc32)Cc2ccc(F)cc2)cc1. The molecule has 182 valence electrons. The number of nitrogens with zero attached hydrogens (tertiary/aromatic N) is 2. The van der Waals surface area contributed by atoms with Crippen molar-refractivity contribution in [3.05, 3.63) is 114 Å². The van der Waals surface area contributed by atoms with Gasteiger partial charge in [0.25, 0.3) is 0 Å². The van der Waals surface area contributed by atoms with Crippen LogP contribution in [-0.4, -0.2) is 25.2 Å². The van der Waals surface area contributed by atoms with Gasteiger partial charge in [0, 0.05) is 16.3 Å². The molecular formula is C28H23FN2O3S2. The molecule has 0 N–H and O–H groups in total. The molecular weight excluding hydrogens is 495 g/mol. The van der Waals surface area contributed by atoms with Crippen molar-refractivity contribution < 1.29 is 17.6 Å². The Balaban J connectivity index is 1.54. The van der Waals surface area contributed by atoms with Gasteiger partial charge in [0.2, 0.25) is 15.9 Å². The fourth-order valence-corrected chi connectivity index (χ4v) is 6.51. The summed E-state index contributed by atoms with van der Waals surface area (Å²) in [6.45, 7) is 1.41.